The Kier molecular flexibility index (Phi) is 7.01. The van der Waals surface area contributed by atoms with Gasteiger partial charge in [-0.1, -0.05) is 6.92 Å². The van der Waals surface area contributed by atoms with Crippen molar-refractivity contribution in [3.63, 3.8) is 0 Å². The number of pyridine rings is 1. The van der Waals surface area contributed by atoms with Crippen LogP contribution in [0.2, 0.25) is 0 Å². The van der Waals surface area contributed by atoms with Gasteiger partial charge in [0.1, 0.15) is 23.4 Å². The summed E-state index contributed by atoms with van der Waals surface area (Å²) in [5, 5.41) is 2.76. The largest absolute Gasteiger partial charge is 0.368 e. The lowest BCUT2D eigenvalue weighted by Gasteiger charge is -2.47. The second-order valence-electron chi connectivity index (χ2n) is 10.3. The van der Waals surface area contributed by atoms with Crippen LogP contribution < -0.4 is 9.80 Å². The molecule has 1 unspecified atom stereocenters. The predicted molar refractivity (Wildman–Crippen MR) is 150 cm³/mol. The van der Waals surface area contributed by atoms with Gasteiger partial charge in [-0.2, -0.15) is 0 Å². The number of carbonyl (C=O) groups is 1. The fourth-order valence-electron chi connectivity index (χ4n) is 5.49. The van der Waals surface area contributed by atoms with E-state index in [1.165, 1.54) is 28.4 Å². The van der Waals surface area contributed by atoms with Crippen LogP contribution in [0.25, 0.3) is 16.9 Å². The number of aldehydes is 1. The third kappa shape index (κ3) is 4.95. The highest BCUT2D eigenvalue weighted by Gasteiger charge is 2.48. The van der Waals surface area contributed by atoms with E-state index in [4.69, 9.17) is 9.97 Å². The number of hydrogen-bond donors (Lipinski definition) is 0. The zero-order valence-corrected chi connectivity index (χ0v) is 23.1. The molecule has 2 aliphatic rings. The molecular weight excluding hydrogens is 539 g/mol. The summed E-state index contributed by atoms with van der Waals surface area (Å²) in [5.74, 6) is -2.05. The summed E-state index contributed by atoms with van der Waals surface area (Å²) < 4.78 is 42.2. The first-order chi connectivity index (χ1) is 19.3. The zero-order valence-electron chi connectivity index (χ0n) is 22.3. The van der Waals surface area contributed by atoms with Crippen LogP contribution in [0.3, 0.4) is 0 Å². The van der Waals surface area contributed by atoms with Crippen molar-refractivity contribution >= 4 is 39.9 Å². The number of rotatable bonds is 8. The summed E-state index contributed by atoms with van der Waals surface area (Å²) in [7, 11) is 1.97. The van der Waals surface area contributed by atoms with E-state index < -0.39 is 12.1 Å². The number of imidazole rings is 1. The first kappa shape index (κ1) is 26.7. The molecule has 12 heteroatoms. The number of likely N-dealkylation sites (tertiary alicyclic amines) is 1. The van der Waals surface area contributed by atoms with Gasteiger partial charge in [0, 0.05) is 50.4 Å². The maximum atomic E-state index is 13.4. The van der Waals surface area contributed by atoms with Crippen LogP contribution in [-0.4, -0.2) is 88.9 Å². The number of alkyl halides is 2. The molecule has 2 aliphatic heterocycles. The van der Waals surface area contributed by atoms with Gasteiger partial charge in [-0.25, -0.2) is 23.1 Å². The number of aromatic nitrogens is 3. The highest BCUT2D eigenvalue weighted by molar-refractivity contribution is 7.14. The van der Waals surface area contributed by atoms with Crippen LogP contribution in [-0.2, 0) is 11.2 Å². The van der Waals surface area contributed by atoms with Crippen LogP contribution >= 0.6 is 11.3 Å². The molecule has 3 aromatic heterocycles. The van der Waals surface area contributed by atoms with Gasteiger partial charge in [-0.3, -0.25) is 14.2 Å². The SMILES string of the molecule is CCc1nc2ccc(N3CCN(C(C=O)N4CC(F)(F)C4)CC3)cn2c1N(C)c1nc(-c2ccc(F)cc2)cs1. The Balaban J connectivity index is 1.22. The van der Waals surface area contributed by atoms with E-state index in [2.05, 4.69) is 22.4 Å². The second-order valence-corrected chi connectivity index (χ2v) is 11.1. The van der Waals surface area contributed by atoms with Crippen molar-refractivity contribution in [1.82, 2.24) is 24.2 Å². The minimum absolute atomic E-state index is 0.281. The molecular formula is C28H30F3N7OS. The lowest BCUT2D eigenvalue weighted by Crippen LogP contribution is -2.66. The van der Waals surface area contributed by atoms with Crippen molar-refractivity contribution in [3.8, 4) is 11.3 Å². The molecule has 4 aromatic rings. The molecule has 0 radical (unpaired) electrons. The van der Waals surface area contributed by atoms with Crippen LogP contribution in [0.4, 0.5) is 29.8 Å². The first-order valence-corrected chi connectivity index (χ1v) is 14.2. The minimum atomic E-state index is -2.70. The molecule has 0 spiro atoms. The second kappa shape index (κ2) is 10.5. The molecule has 6 rings (SSSR count). The Hall–Kier alpha value is -3.48. The molecule has 40 heavy (non-hydrogen) atoms. The number of carbonyl (C=O) groups excluding carboxylic acids is 1. The standard InChI is InChI=1S/C28H30F3N7OS/c1-3-22-26(34(2)27-33-23(16-40-27)19-4-6-20(29)7-5-19)38-14-21(8-9-24(38)32-22)35-10-12-36(13-11-35)25(15-39)37-17-28(30,31)18-37/h4-9,14-16,25H,3,10-13,17-18H2,1-2H3. The number of anilines is 3. The lowest BCUT2D eigenvalue weighted by molar-refractivity contribution is -0.170. The molecule has 2 saturated heterocycles. The van der Waals surface area contributed by atoms with Gasteiger partial charge in [-0.05, 0) is 42.8 Å². The van der Waals surface area contributed by atoms with E-state index >= 15 is 0 Å². The number of nitrogens with zero attached hydrogens (tertiary/aromatic N) is 7. The Bertz CT molecular complexity index is 1510. The number of fused-ring (bicyclic) bond motifs is 1. The normalized spacial score (nSPS) is 18.6. The molecule has 0 saturated carbocycles. The van der Waals surface area contributed by atoms with E-state index in [1.54, 1.807) is 12.1 Å². The molecule has 0 bridgehead atoms. The Morgan fingerprint density at radius 2 is 1.77 bits per heavy atom. The Labute approximate surface area is 234 Å². The average Bonchev–Trinajstić information content (AvgIpc) is 3.58. The van der Waals surface area contributed by atoms with E-state index in [1.807, 2.05) is 34.4 Å². The van der Waals surface area contributed by atoms with Gasteiger partial charge >= 0.3 is 0 Å². The monoisotopic (exact) mass is 569 g/mol. The fraction of sp³-hybridized carbons (Fsp3) is 0.393. The predicted octanol–water partition coefficient (Wildman–Crippen LogP) is 4.53. The zero-order chi connectivity index (χ0) is 28.0. The third-order valence-corrected chi connectivity index (χ3v) is 8.55. The van der Waals surface area contributed by atoms with E-state index in [0.717, 1.165) is 51.9 Å². The fourth-order valence-corrected chi connectivity index (χ4v) is 6.30. The summed E-state index contributed by atoms with van der Waals surface area (Å²) >= 11 is 1.51. The first-order valence-electron chi connectivity index (χ1n) is 13.3. The number of thiazole rings is 1. The van der Waals surface area contributed by atoms with E-state index in [9.17, 15) is 18.0 Å². The van der Waals surface area contributed by atoms with Crippen molar-refractivity contribution in [1.29, 1.82) is 0 Å². The maximum absolute atomic E-state index is 13.4. The van der Waals surface area contributed by atoms with Crippen molar-refractivity contribution in [2.75, 3.05) is 56.1 Å². The van der Waals surface area contributed by atoms with Crippen LogP contribution in [0.1, 0.15) is 12.6 Å². The summed E-state index contributed by atoms with van der Waals surface area (Å²) in [6.45, 7) is 3.89. The molecule has 1 atom stereocenters. The summed E-state index contributed by atoms with van der Waals surface area (Å²) in [4.78, 5) is 29.2. The topological polar surface area (TPSA) is 60.2 Å². The van der Waals surface area contributed by atoms with Crippen molar-refractivity contribution < 1.29 is 18.0 Å². The number of halogens is 3. The number of benzene rings is 1. The van der Waals surface area contributed by atoms with Crippen molar-refractivity contribution in [2.45, 2.75) is 25.4 Å². The third-order valence-electron chi connectivity index (χ3n) is 7.64. The Morgan fingerprint density at radius 1 is 1.05 bits per heavy atom. The highest BCUT2D eigenvalue weighted by Crippen LogP contribution is 2.35. The highest BCUT2D eigenvalue weighted by atomic mass is 32.1. The Morgan fingerprint density at radius 3 is 2.42 bits per heavy atom. The lowest BCUT2D eigenvalue weighted by atomic mass is 10.1. The molecule has 0 amide bonds. The van der Waals surface area contributed by atoms with Gasteiger partial charge in [0.2, 0.25) is 0 Å². The number of hydrogen-bond acceptors (Lipinski definition) is 8. The van der Waals surface area contributed by atoms with Gasteiger partial charge in [0.15, 0.2) is 11.4 Å². The molecule has 5 heterocycles. The molecule has 210 valence electrons. The van der Waals surface area contributed by atoms with Crippen LogP contribution in [0.15, 0.2) is 48.0 Å². The molecule has 0 aliphatic carbocycles. The smallest absolute Gasteiger partial charge is 0.273 e. The van der Waals surface area contributed by atoms with Crippen LogP contribution in [0, 0.1) is 5.82 Å². The molecule has 2 fully saturated rings. The molecule has 8 nitrogen and oxygen atoms in total. The number of piperazine rings is 1. The molecule has 1 aromatic carbocycles. The molecule has 0 N–H and O–H groups in total. The van der Waals surface area contributed by atoms with Gasteiger partial charge < -0.3 is 14.6 Å². The van der Waals surface area contributed by atoms with Gasteiger partial charge in [0.25, 0.3) is 5.92 Å². The van der Waals surface area contributed by atoms with Crippen LogP contribution in [0.5, 0.6) is 0 Å². The van der Waals surface area contributed by atoms with Gasteiger partial charge in [0.05, 0.1) is 30.2 Å². The van der Waals surface area contributed by atoms with Crippen molar-refractivity contribution in [3.05, 3.63) is 59.5 Å². The van der Waals surface area contributed by atoms with Crippen molar-refractivity contribution in [2.24, 2.45) is 0 Å². The summed E-state index contributed by atoms with van der Waals surface area (Å²) in [6, 6.07) is 10.4. The minimum Gasteiger partial charge on any atom is -0.368 e. The number of aryl methyl sites for hydroxylation is 1. The average molecular weight is 570 g/mol. The summed E-state index contributed by atoms with van der Waals surface area (Å²) in [6.07, 6.45) is 2.99. The summed E-state index contributed by atoms with van der Waals surface area (Å²) in [5.41, 5.74) is 4.44. The van der Waals surface area contributed by atoms with Gasteiger partial charge in [-0.15, -0.1) is 11.3 Å². The quantitative estimate of drug-likeness (QED) is 0.289. The van der Waals surface area contributed by atoms with E-state index in [-0.39, 0.29) is 18.9 Å². The maximum Gasteiger partial charge on any atom is 0.273 e. The van der Waals surface area contributed by atoms with E-state index in [0.29, 0.717) is 26.2 Å².